The number of piperidine rings is 1. The molecule has 1 saturated heterocycles. The van der Waals surface area contributed by atoms with Crippen molar-refractivity contribution in [3.05, 3.63) is 35.9 Å². The molecule has 1 aromatic carbocycles. The second kappa shape index (κ2) is 8.05. The van der Waals surface area contributed by atoms with Crippen LogP contribution >= 0.6 is 0 Å². The Labute approximate surface area is 122 Å². The van der Waals surface area contributed by atoms with Gasteiger partial charge in [-0.1, -0.05) is 30.3 Å². The van der Waals surface area contributed by atoms with Gasteiger partial charge in [0.05, 0.1) is 0 Å². The number of hydrogen-bond acceptors (Lipinski definition) is 2. The van der Waals surface area contributed by atoms with Crippen LogP contribution in [0.5, 0.6) is 0 Å². The second-order valence-electron chi connectivity index (χ2n) is 5.91. The Hall–Kier alpha value is -1.35. The lowest BCUT2D eigenvalue weighted by atomic mass is 9.94. The van der Waals surface area contributed by atoms with Crippen LogP contribution < -0.4 is 10.6 Å². The van der Waals surface area contributed by atoms with E-state index < -0.39 is 0 Å². The maximum atomic E-state index is 12.0. The van der Waals surface area contributed by atoms with Gasteiger partial charge in [0.25, 0.3) is 0 Å². The van der Waals surface area contributed by atoms with E-state index in [9.17, 15) is 4.79 Å². The summed E-state index contributed by atoms with van der Waals surface area (Å²) in [5.41, 5.74) is 1.27. The number of carbonyl (C=O) groups is 1. The first-order chi connectivity index (χ1) is 9.74. The lowest BCUT2D eigenvalue weighted by Gasteiger charge is -2.22. The van der Waals surface area contributed by atoms with Crippen LogP contribution in [0.15, 0.2) is 30.3 Å². The van der Waals surface area contributed by atoms with Crippen LogP contribution in [-0.2, 0) is 11.2 Å². The summed E-state index contributed by atoms with van der Waals surface area (Å²) in [7, 11) is 0. The van der Waals surface area contributed by atoms with E-state index in [-0.39, 0.29) is 11.9 Å². The highest BCUT2D eigenvalue weighted by Gasteiger charge is 2.15. The van der Waals surface area contributed by atoms with Crippen LogP contribution in [0.4, 0.5) is 0 Å². The van der Waals surface area contributed by atoms with E-state index in [2.05, 4.69) is 29.7 Å². The highest BCUT2D eigenvalue weighted by atomic mass is 16.1. The summed E-state index contributed by atoms with van der Waals surface area (Å²) in [4.78, 5) is 12.0. The van der Waals surface area contributed by atoms with Crippen molar-refractivity contribution >= 4 is 5.91 Å². The number of carbonyl (C=O) groups excluding carboxylic acids is 1. The molecule has 1 amide bonds. The molecule has 110 valence electrons. The lowest BCUT2D eigenvalue weighted by molar-refractivity contribution is -0.122. The first-order valence-corrected chi connectivity index (χ1v) is 7.78. The first kappa shape index (κ1) is 15.0. The second-order valence-corrected chi connectivity index (χ2v) is 5.91. The smallest absolute Gasteiger partial charge is 0.220 e. The van der Waals surface area contributed by atoms with Crippen LogP contribution in [0, 0.1) is 5.92 Å². The Bertz CT molecular complexity index is 399. The van der Waals surface area contributed by atoms with E-state index in [0.717, 1.165) is 25.9 Å². The summed E-state index contributed by atoms with van der Waals surface area (Å²) in [5, 5.41) is 6.51. The molecular weight excluding hydrogens is 248 g/mol. The van der Waals surface area contributed by atoms with Crippen molar-refractivity contribution in [3.63, 3.8) is 0 Å². The van der Waals surface area contributed by atoms with E-state index in [1.807, 2.05) is 18.2 Å². The minimum atomic E-state index is 0.194. The Morgan fingerprint density at radius 2 is 2.20 bits per heavy atom. The van der Waals surface area contributed by atoms with Crippen LogP contribution in [0.25, 0.3) is 0 Å². The van der Waals surface area contributed by atoms with Crippen molar-refractivity contribution in [2.45, 2.75) is 45.1 Å². The topological polar surface area (TPSA) is 41.1 Å². The van der Waals surface area contributed by atoms with Gasteiger partial charge in [-0.15, -0.1) is 0 Å². The third kappa shape index (κ3) is 5.33. The van der Waals surface area contributed by atoms with E-state index >= 15 is 0 Å². The van der Waals surface area contributed by atoms with Crippen molar-refractivity contribution < 1.29 is 4.79 Å². The van der Waals surface area contributed by atoms with Gasteiger partial charge in [0.15, 0.2) is 0 Å². The number of benzene rings is 1. The Morgan fingerprint density at radius 1 is 1.40 bits per heavy atom. The fraction of sp³-hybridized carbons (Fsp3) is 0.588. The number of nitrogens with one attached hydrogen (secondary N) is 2. The first-order valence-electron chi connectivity index (χ1n) is 7.78. The third-order valence-corrected chi connectivity index (χ3v) is 3.97. The molecule has 3 nitrogen and oxygen atoms in total. The Balaban J connectivity index is 1.65. The average Bonchev–Trinajstić information content (AvgIpc) is 2.47. The molecule has 1 heterocycles. The molecule has 1 aliphatic heterocycles. The lowest BCUT2D eigenvalue weighted by Crippen LogP contribution is -2.35. The summed E-state index contributed by atoms with van der Waals surface area (Å²) >= 11 is 0. The monoisotopic (exact) mass is 274 g/mol. The number of hydrogen-bond donors (Lipinski definition) is 2. The van der Waals surface area contributed by atoms with Crippen molar-refractivity contribution in [1.29, 1.82) is 0 Å². The van der Waals surface area contributed by atoms with Gasteiger partial charge in [-0.25, -0.2) is 0 Å². The molecule has 0 aromatic heterocycles. The van der Waals surface area contributed by atoms with Crippen molar-refractivity contribution in [1.82, 2.24) is 10.6 Å². The van der Waals surface area contributed by atoms with Gasteiger partial charge >= 0.3 is 0 Å². The Kier molecular flexibility index (Phi) is 6.06. The van der Waals surface area contributed by atoms with Gasteiger partial charge in [0.2, 0.25) is 5.91 Å². The predicted molar refractivity (Wildman–Crippen MR) is 82.6 cm³/mol. The number of rotatable bonds is 6. The van der Waals surface area contributed by atoms with Crippen LogP contribution in [0.3, 0.4) is 0 Å². The van der Waals surface area contributed by atoms with E-state index in [0.29, 0.717) is 12.3 Å². The molecule has 2 rings (SSSR count). The molecule has 0 bridgehead atoms. The van der Waals surface area contributed by atoms with E-state index in [4.69, 9.17) is 0 Å². The molecule has 0 aliphatic carbocycles. The minimum absolute atomic E-state index is 0.194. The van der Waals surface area contributed by atoms with Crippen LogP contribution in [0.2, 0.25) is 0 Å². The quantitative estimate of drug-likeness (QED) is 0.837. The average molecular weight is 274 g/mol. The highest BCUT2D eigenvalue weighted by Crippen LogP contribution is 2.15. The summed E-state index contributed by atoms with van der Waals surface area (Å²) in [6.45, 7) is 4.29. The molecule has 0 radical (unpaired) electrons. The molecule has 1 aromatic rings. The third-order valence-electron chi connectivity index (χ3n) is 3.97. The van der Waals surface area contributed by atoms with Crippen LogP contribution in [-0.4, -0.2) is 25.0 Å². The van der Waals surface area contributed by atoms with Gasteiger partial charge in [0, 0.05) is 12.5 Å². The molecule has 1 aliphatic rings. The zero-order chi connectivity index (χ0) is 14.2. The molecule has 2 unspecified atom stereocenters. The molecular formula is C17H26N2O. The van der Waals surface area contributed by atoms with Crippen molar-refractivity contribution in [3.8, 4) is 0 Å². The fourth-order valence-electron chi connectivity index (χ4n) is 2.87. The van der Waals surface area contributed by atoms with E-state index in [1.54, 1.807) is 0 Å². The largest absolute Gasteiger partial charge is 0.353 e. The summed E-state index contributed by atoms with van der Waals surface area (Å²) in [6, 6.07) is 10.5. The predicted octanol–water partition coefficient (Wildman–Crippen LogP) is 2.51. The Morgan fingerprint density at radius 3 is 2.90 bits per heavy atom. The van der Waals surface area contributed by atoms with Gasteiger partial charge < -0.3 is 10.6 Å². The molecule has 0 spiro atoms. The summed E-state index contributed by atoms with van der Waals surface area (Å²) in [6.07, 6.45) is 5.08. The standard InChI is InChI=1S/C17H26N2O/c1-14(12-15-6-3-2-4-7-15)19-17(20)10-9-16-8-5-11-18-13-16/h2-4,6-7,14,16,18H,5,8-13H2,1H3,(H,19,20). The number of amides is 1. The minimum Gasteiger partial charge on any atom is -0.353 e. The maximum Gasteiger partial charge on any atom is 0.220 e. The van der Waals surface area contributed by atoms with Gasteiger partial charge in [-0.05, 0) is 57.2 Å². The van der Waals surface area contributed by atoms with E-state index in [1.165, 1.54) is 18.4 Å². The molecule has 2 N–H and O–H groups in total. The van der Waals surface area contributed by atoms with Crippen molar-refractivity contribution in [2.24, 2.45) is 5.92 Å². The molecule has 0 saturated carbocycles. The molecule has 3 heteroatoms. The summed E-state index contributed by atoms with van der Waals surface area (Å²) in [5.74, 6) is 0.873. The zero-order valence-electron chi connectivity index (χ0n) is 12.4. The zero-order valence-corrected chi connectivity index (χ0v) is 12.4. The molecule has 20 heavy (non-hydrogen) atoms. The van der Waals surface area contributed by atoms with Gasteiger partial charge in [-0.3, -0.25) is 4.79 Å². The fourth-order valence-corrected chi connectivity index (χ4v) is 2.87. The highest BCUT2D eigenvalue weighted by molar-refractivity contribution is 5.76. The maximum absolute atomic E-state index is 12.0. The molecule has 2 atom stereocenters. The van der Waals surface area contributed by atoms with Gasteiger partial charge in [0.1, 0.15) is 0 Å². The van der Waals surface area contributed by atoms with Crippen LogP contribution in [0.1, 0.15) is 38.2 Å². The molecule has 1 fully saturated rings. The SMILES string of the molecule is CC(Cc1ccccc1)NC(=O)CCC1CCCNC1. The van der Waals surface area contributed by atoms with Crippen molar-refractivity contribution in [2.75, 3.05) is 13.1 Å². The normalized spacial score (nSPS) is 20.4. The summed E-state index contributed by atoms with van der Waals surface area (Å²) < 4.78 is 0. The van der Waals surface area contributed by atoms with Gasteiger partial charge in [-0.2, -0.15) is 0 Å².